The molecule has 27 heavy (non-hydrogen) atoms. The molecule has 1 heterocycles. The van der Waals surface area contributed by atoms with E-state index >= 15 is 0 Å². The van der Waals surface area contributed by atoms with Crippen LogP contribution in [0.3, 0.4) is 0 Å². The minimum absolute atomic E-state index is 0.230. The predicted molar refractivity (Wildman–Crippen MR) is 103 cm³/mol. The van der Waals surface area contributed by atoms with E-state index in [1.807, 2.05) is 12.3 Å². The van der Waals surface area contributed by atoms with Crippen LogP contribution in [0.5, 0.6) is 0 Å². The van der Waals surface area contributed by atoms with Crippen LogP contribution >= 0.6 is 0 Å². The van der Waals surface area contributed by atoms with Gasteiger partial charge in [-0.15, -0.1) is 0 Å². The van der Waals surface area contributed by atoms with Crippen molar-refractivity contribution in [2.75, 3.05) is 5.32 Å². The molecule has 0 unspecified atom stereocenters. The first-order valence-electron chi connectivity index (χ1n) is 10.5. The third-order valence-electron chi connectivity index (χ3n) is 7.63. The number of nitrogens with one attached hydrogen (secondary N) is 1. The molecule has 140 valence electrons. The number of rotatable bonds is 3. The average molecular weight is 362 g/mol. The quantitative estimate of drug-likeness (QED) is 0.840. The van der Waals surface area contributed by atoms with E-state index in [-0.39, 0.29) is 5.41 Å². The lowest BCUT2D eigenvalue weighted by molar-refractivity contribution is -0.118. The first-order chi connectivity index (χ1) is 13.2. The standard InChI is InChI=1S/C23H26N2O2/c26-18-5-4-17-2-1-3-20(19(17)9-18)25-22-24-13-21(27-22)23-10-14-6-15(11-23)8-16(7-14)12-23/h1-3,13-16H,4-12H2,(H,24,25). The van der Waals surface area contributed by atoms with E-state index in [2.05, 4.69) is 22.4 Å². The summed E-state index contributed by atoms with van der Waals surface area (Å²) in [6.07, 6.45) is 12.1. The highest BCUT2D eigenvalue weighted by atomic mass is 16.4. The summed E-state index contributed by atoms with van der Waals surface area (Å²) in [4.78, 5) is 16.5. The van der Waals surface area contributed by atoms with E-state index in [0.717, 1.165) is 41.2 Å². The molecule has 0 atom stereocenters. The van der Waals surface area contributed by atoms with Gasteiger partial charge in [-0.1, -0.05) is 12.1 Å². The van der Waals surface area contributed by atoms with Crippen molar-refractivity contribution >= 4 is 17.5 Å². The van der Waals surface area contributed by atoms with Crippen molar-refractivity contribution in [1.29, 1.82) is 0 Å². The van der Waals surface area contributed by atoms with Gasteiger partial charge in [-0.2, -0.15) is 0 Å². The first-order valence-corrected chi connectivity index (χ1v) is 10.5. The van der Waals surface area contributed by atoms with Gasteiger partial charge in [0, 0.05) is 23.9 Å². The number of Topliss-reactive ketones (excluding diaryl/α,β-unsaturated/α-hetero) is 1. The number of benzene rings is 1. The Morgan fingerprint density at radius 2 is 1.78 bits per heavy atom. The fraction of sp³-hybridized carbons (Fsp3) is 0.565. The molecule has 1 aromatic heterocycles. The summed E-state index contributed by atoms with van der Waals surface area (Å²) in [5.74, 6) is 4.09. The van der Waals surface area contributed by atoms with E-state index in [4.69, 9.17) is 4.42 Å². The Morgan fingerprint density at radius 1 is 1.04 bits per heavy atom. The zero-order valence-electron chi connectivity index (χ0n) is 15.7. The summed E-state index contributed by atoms with van der Waals surface area (Å²) in [5, 5.41) is 3.38. The molecule has 0 amide bonds. The molecule has 2 aromatic rings. The van der Waals surface area contributed by atoms with Crippen molar-refractivity contribution in [3.8, 4) is 0 Å². The predicted octanol–water partition coefficient (Wildman–Crippen LogP) is 4.94. The van der Waals surface area contributed by atoms with Crippen LogP contribution in [0.15, 0.2) is 28.8 Å². The van der Waals surface area contributed by atoms with Crippen molar-refractivity contribution in [2.24, 2.45) is 17.8 Å². The first kappa shape index (κ1) is 15.9. The Bertz CT molecular complexity index is 878. The number of carbonyl (C=O) groups excluding carboxylic acids is 1. The minimum Gasteiger partial charge on any atom is -0.428 e. The van der Waals surface area contributed by atoms with Gasteiger partial charge in [0.15, 0.2) is 0 Å². The second-order valence-electron chi connectivity index (χ2n) is 9.51. The molecule has 5 aliphatic carbocycles. The van der Waals surface area contributed by atoms with Crippen LogP contribution in [-0.4, -0.2) is 10.8 Å². The number of hydrogen-bond donors (Lipinski definition) is 1. The van der Waals surface area contributed by atoms with Crippen LogP contribution in [0, 0.1) is 17.8 Å². The Hall–Kier alpha value is -2.10. The molecule has 4 bridgehead atoms. The fourth-order valence-corrected chi connectivity index (χ4v) is 6.86. The molecule has 4 fully saturated rings. The summed E-state index contributed by atoms with van der Waals surface area (Å²) in [6, 6.07) is 6.79. The second kappa shape index (κ2) is 5.70. The van der Waals surface area contributed by atoms with E-state index in [0.29, 0.717) is 24.6 Å². The molecular formula is C23H26N2O2. The number of anilines is 2. The molecular weight excluding hydrogens is 336 g/mol. The van der Waals surface area contributed by atoms with Crippen molar-refractivity contribution in [3.63, 3.8) is 0 Å². The second-order valence-corrected chi connectivity index (χ2v) is 9.51. The number of aromatic nitrogens is 1. The summed E-state index contributed by atoms with van der Waals surface area (Å²) >= 11 is 0. The van der Waals surface area contributed by atoms with E-state index in [1.54, 1.807) is 0 Å². The van der Waals surface area contributed by atoms with Crippen molar-refractivity contribution in [1.82, 2.24) is 4.98 Å². The molecule has 5 aliphatic rings. The number of aryl methyl sites for hydroxylation is 1. The Morgan fingerprint density at radius 3 is 2.52 bits per heavy atom. The van der Waals surface area contributed by atoms with Gasteiger partial charge in [0.2, 0.25) is 0 Å². The molecule has 0 spiro atoms. The van der Waals surface area contributed by atoms with Crippen LogP contribution < -0.4 is 5.32 Å². The number of hydrogen-bond acceptors (Lipinski definition) is 4. The number of fused-ring (bicyclic) bond motifs is 1. The van der Waals surface area contributed by atoms with Crippen LogP contribution in [0.4, 0.5) is 11.7 Å². The maximum absolute atomic E-state index is 11.9. The highest BCUT2D eigenvalue weighted by Gasteiger charge is 2.53. The van der Waals surface area contributed by atoms with Crippen LogP contribution in [0.1, 0.15) is 61.8 Å². The SMILES string of the molecule is O=C1CCc2cccc(Nc3ncc(C45CC6CC(CC(C6)C4)C5)o3)c2C1. The molecule has 4 saturated carbocycles. The summed E-state index contributed by atoms with van der Waals surface area (Å²) < 4.78 is 6.28. The lowest BCUT2D eigenvalue weighted by Gasteiger charge is -2.55. The van der Waals surface area contributed by atoms with Gasteiger partial charge in [-0.05, 0) is 79.9 Å². The number of nitrogens with zero attached hydrogens (tertiary/aromatic N) is 1. The fourth-order valence-electron chi connectivity index (χ4n) is 6.86. The third-order valence-corrected chi connectivity index (χ3v) is 7.63. The summed E-state index contributed by atoms with van der Waals surface area (Å²) in [6.45, 7) is 0. The molecule has 0 saturated heterocycles. The molecule has 7 rings (SSSR count). The normalized spacial score (nSPS) is 33.9. The van der Waals surface area contributed by atoms with Gasteiger partial charge in [0.1, 0.15) is 11.5 Å². The lowest BCUT2D eigenvalue weighted by Crippen LogP contribution is -2.48. The van der Waals surface area contributed by atoms with E-state index in [1.165, 1.54) is 44.1 Å². The smallest absolute Gasteiger partial charge is 0.299 e. The highest BCUT2D eigenvalue weighted by molar-refractivity contribution is 5.85. The molecule has 1 aromatic carbocycles. The largest absolute Gasteiger partial charge is 0.428 e. The van der Waals surface area contributed by atoms with Gasteiger partial charge in [-0.25, -0.2) is 4.98 Å². The number of oxazole rings is 1. The Labute approximate surface area is 159 Å². The average Bonchev–Trinajstić information content (AvgIpc) is 3.11. The monoisotopic (exact) mass is 362 g/mol. The van der Waals surface area contributed by atoms with Crippen molar-refractivity contribution in [3.05, 3.63) is 41.3 Å². The van der Waals surface area contributed by atoms with E-state index < -0.39 is 0 Å². The van der Waals surface area contributed by atoms with Crippen LogP contribution in [-0.2, 0) is 23.1 Å². The van der Waals surface area contributed by atoms with Gasteiger partial charge in [-0.3, -0.25) is 4.79 Å². The Balaban J connectivity index is 1.29. The highest BCUT2D eigenvalue weighted by Crippen LogP contribution is 2.60. The Kier molecular flexibility index (Phi) is 3.36. The molecule has 0 aliphatic heterocycles. The molecule has 4 heteroatoms. The summed E-state index contributed by atoms with van der Waals surface area (Å²) in [5.41, 5.74) is 3.59. The molecule has 0 radical (unpaired) electrons. The van der Waals surface area contributed by atoms with E-state index in [9.17, 15) is 4.79 Å². The topological polar surface area (TPSA) is 55.1 Å². The maximum Gasteiger partial charge on any atom is 0.299 e. The zero-order chi connectivity index (χ0) is 18.0. The van der Waals surface area contributed by atoms with Gasteiger partial charge >= 0.3 is 0 Å². The lowest BCUT2D eigenvalue weighted by atomic mass is 9.49. The number of carbonyl (C=O) groups is 1. The third kappa shape index (κ3) is 2.56. The van der Waals surface area contributed by atoms with Gasteiger partial charge < -0.3 is 9.73 Å². The van der Waals surface area contributed by atoms with Gasteiger partial charge in [0.05, 0.1) is 6.20 Å². The summed E-state index contributed by atoms with van der Waals surface area (Å²) in [7, 11) is 0. The molecule has 1 N–H and O–H groups in total. The maximum atomic E-state index is 11.9. The molecule has 4 nitrogen and oxygen atoms in total. The number of ketones is 1. The van der Waals surface area contributed by atoms with Crippen LogP contribution in [0.25, 0.3) is 0 Å². The minimum atomic E-state index is 0.230. The van der Waals surface area contributed by atoms with Crippen molar-refractivity contribution < 1.29 is 9.21 Å². The van der Waals surface area contributed by atoms with Gasteiger partial charge in [0.25, 0.3) is 6.01 Å². The van der Waals surface area contributed by atoms with Crippen LogP contribution in [0.2, 0.25) is 0 Å². The zero-order valence-corrected chi connectivity index (χ0v) is 15.7. The van der Waals surface area contributed by atoms with Crippen molar-refractivity contribution in [2.45, 2.75) is 63.2 Å².